The zero-order valence-electron chi connectivity index (χ0n) is 12.5. The van der Waals surface area contributed by atoms with Gasteiger partial charge in [-0.2, -0.15) is 0 Å². The molecule has 1 aromatic carbocycles. The molecule has 1 heterocycles. The third-order valence-corrected chi connectivity index (χ3v) is 3.54. The Morgan fingerprint density at radius 3 is 2.39 bits per heavy atom. The molecule has 1 aromatic heterocycles. The number of rotatable bonds is 5. The van der Waals surface area contributed by atoms with Crippen LogP contribution in [0.2, 0.25) is 0 Å². The molecule has 0 unspecified atom stereocenters. The molecule has 0 fully saturated rings. The van der Waals surface area contributed by atoms with Crippen LogP contribution in [0.3, 0.4) is 0 Å². The molecule has 1 amide bonds. The van der Waals surface area contributed by atoms with Gasteiger partial charge in [0, 0.05) is 10.9 Å². The zero-order valence-corrected chi connectivity index (χ0v) is 13.3. The van der Waals surface area contributed by atoms with Crippen LogP contribution >= 0.6 is 11.3 Å². The molecular formula is C15H14N2O5S. The number of benzene rings is 1. The van der Waals surface area contributed by atoms with Crippen LogP contribution in [-0.2, 0) is 9.47 Å². The first kappa shape index (κ1) is 16.6. The molecule has 2 rings (SSSR count). The lowest BCUT2D eigenvalue weighted by atomic mass is 10.1. The highest BCUT2D eigenvalue weighted by molar-refractivity contribution is 7.14. The molecular weight excluding hydrogens is 320 g/mol. The van der Waals surface area contributed by atoms with E-state index < -0.39 is 17.8 Å². The minimum Gasteiger partial charge on any atom is -0.465 e. The largest absolute Gasteiger partial charge is 0.465 e. The molecule has 0 atom stereocenters. The van der Waals surface area contributed by atoms with Crippen molar-refractivity contribution in [1.29, 1.82) is 0 Å². The number of carbonyl (C=O) groups excluding carboxylic acids is 3. The normalized spacial score (nSPS) is 10.0. The first-order valence-electron chi connectivity index (χ1n) is 6.67. The van der Waals surface area contributed by atoms with Crippen LogP contribution < -0.4 is 5.32 Å². The van der Waals surface area contributed by atoms with Crippen molar-refractivity contribution in [3.63, 3.8) is 0 Å². The number of hydrogen-bond acceptors (Lipinski definition) is 7. The average molecular weight is 334 g/mol. The Kier molecular flexibility index (Phi) is 5.42. The molecule has 0 aliphatic carbocycles. The van der Waals surface area contributed by atoms with E-state index in [1.165, 1.54) is 36.8 Å². The maximum Gasteiger partial charge on any atom is 0.357 e. The molecule has 1 N–H and O–H groups in total. The third-order valence-electron chi connectivity index (χ3n) is 2.78. The number of aromatic nitrogens is 1. The second-order valence-corrected chi connectivity index (χ2v) is 5.14. The fraction of sp³-hybridized carbons (Fsp3) is 0.200. The Hall–Kier alpha value is -2.74. The molecule has 7 nitrogen and oxygen atoms in total. The molecule has 0 saturated heterocycles. The van der Waals surface area contributed by atoms with Crippen LogP contribution in [0.5, 0.6) is 0 Å². The van der Waals surface area contributed by atoms with Gasteiger partial charge in [0.25, 0.3) is 5.91 Å². The summed E-state index contributed by atoms with van der Waals surface area (Å²) in [4.78, 5) is 38.9. The van der Waals surface area contributed by atoms with Gasteiger partial charge in [0.2, 0.25) is 0 Å². The van der Waals surface area contributed by atoms with Gasteiger partial charge in [-0.15, -0.1) is 11.3 Å². The Bertz CT molecular complexity index is 724. The van der Waals surface area contributed by atoms with E-state index in [4.69, 9.17) is 4.74 Å². The predicted molar refractivity (Wildman–Crippen MR) is 83.8 cm³/mol. The molecule has 0 bridgehead atoms. The van der Waals surface area contributed by atoms with Gasteiger partial charge in [-0.1, -0.05) is 0 Å². The van der Waals surface area contributed by atoms with Gasteiger partial charge in [0.1, 0.15) is 0 Å². The predicted octanol–water partition coefficient (Wildman–Crippen LogP) is 2.36. The number of amides is 1. The van der Waals surface area contributed by atoms with Crippen molar-refractivity contribution in [2.45, 2.75) is 6.92 Å². The van der Waals surface area contributed by atoms with Gasteiger partial charge in [-0.25, -0.2) is 14.6 Å². The summed E-state index contributed by atoms with van der Waals surface area (Å²) in [6.07, 6.45) is 0. The number of ether oxygens (including phenoxy) is 2. The Balaban J connectivity index is 2.04. The summed E-state index contributed by atoms with van der Waals surface area (Å²) in [5.41, 5.74) is 0.849. The van der Waals surface area contributed by atoms with Crippen molar-refractivity contribution in [3.8, 4) is 0 Å². The smallest absolute Gasteiger partial charge is 0.357 e. The number of anilines is 1. The summed E-state index contributed by atoms with van der Waals surface area (Å²) in [6.45, 7) is 1.95. The summed E-state index contributed by atoms with van der Waals surface area (Å²) < 4.78 is 9.41. The van der Waals surface area contributed by atoms with Crippen LogP contribution in [0, 0.1) is 0 Å². The van der Waals surface area contributed by atoms with Crippen molar-refractivity contribution >= 4 is 34.3 Å². The summed E-state index contributed by atoms with van der Waals surface area (Å²) >= 11 is 1.12. The van der Waals surface area contributed by atoms with Crippen LogP contribution in [-0.4, -0.2) is 36.5 Å². The van der Waals surface area contributed by atoms with E-state index in [-0.39, 0.29) is 17.4 Å². The number of nitrogens with zero attached hydrogens (tertiary/aromatic N) is 1. The number of esters is 2. The van der Waals surface area contributed by atoms with Crippen LogP contribution in [0.1, 0.15) is 38.1 Å². The van der Waals surface area contributed by atoms with Gasteiger partial charge in [0.15, 0.2) is 10.8 Å². The van der Waals surface area contributed by atoms with E-state index in [0.717, 1.165) is 11.3 Å². The summed E-state index contributed by atoms with van der Waals surface area (Å²) in [5, 5.41) is 4.38. The molecule has 0 spiro atoms. The van der Waals surface area contributed by atoms with Crippen molar-refractivity contribution in [1.82, 2.24) is 4.98 Å². The lowest BCUT2D eigenvalue weighted by Gasteiger charge is -2.03. The van der Waals surface area contributed by atoms with E-state index in [2.05, 4.69) is 15.0 Å². The molecule has 0 saturated carbocycles. The van der Waals surface area contributed by atoms with E-state index in [1.54, 1.807) is 6.92 Å². The third kappa shape index (κ3) is 4.13. The van der Waals surface area contributed by atoms with Gasteiger partial charge >= 0.3 is 11.9 Å². The molecule has 120 valence electrons. The minimum absolute atomic E-state index is 0.146. The van der Waals surface area contributed by atoms with Crippen molar-refractivity contribution in [3.05, 3.63) is 46.5 Å². The second-order valence-electron chi connectivity index (χ2n) is 4.28. The summed E-state index contributed by atoms with van der Waals surface area (Å²) in [7, 11) is 1.28. The van der Waals surface area contributed by atoms with E-state index in [9.17, 15) is 14.4 Å². The highest BCUT2D eigenvalue weighted by atomic mass is 32.1. The maximum atomic E-state index is 12.1. The SMILES string of the molecule is CCOC(=O)c1csc(NC(=O)c2ccc(C(=O)OC)cc2)n1. The molecule has 0 aliphatic rings. The van der Waals surface area contributed by atoms with E-state index in [0.29, 0.717) is 11.1 Å². The average Bonchev–Trinajstić information content (AvgIpc) is 3.03. The minimum atomic E-state index is -0.535. The zero-order chi connectivity index (χ0) is 16.8. The fourth-order valence-corrected chi connectivity index (χ4v) is 2.35. The topological polar surface area (TPSA) is 94.6 Å². The number of methoxy groups -OCH3 is 1. The molecule has 2 aromatic rings. The van der Waals surface area contributed by atoms with Crippen molar-refractivity contribution in [2.24, 2.45) is 0 Å². The first-order chi connectivity index (χ1) is 11.0. The lowest BCUT2D eigenvalue weighted by molar-refractivity contribution is 0.0519. The Morgan fingerprint density at radius 1 is 1.13 bits per heavy atom. The fourth-order valence-electron chi connectivity index (χ4n) is 1.67. The first-order valence-corrected chi connectivity index (χ1v) is 7.55. The van der Waals surface area contributed by atoms with Crippen LogP contribution in [0.15, 0.2) is 29.6 Å². The summed E-state index contributed by atoms with van der Waals surface area (Å²) in [6, 6.07) is 5.99. The molecule has 8 heteroatoms. The number of carbonyl (C=O) groups is 3. The Morgan fingerprint density at radius 2 is 1.78 bits per heavy atom. The number of thiazole rings is 1. The van der Waals surface area contributed by atoms with E-state index >= 15 is 0 Å². The second kappa shape index (κ2) is 7.50. The number of nitrogens with one attached hydrogen (secondary N) is 1. The van der Waals surface area contributed by atoms with Crippen molar-refractivity contribution < 1.29 is 23.9 Å². The van der Waals surface area contributed by atoms with Crippen LogP contribution in [0.25, 0.3) is 0 Å². The van der Waals surface area contributed by atoms with Gasteiger partial charge in [0.05, 0.1) is 19.3 Å². The highest BCUT2D eigenvalue weighted by Gasteiger charge is 2.14. The van der Waals surface area contributed by atoms with Gasteiger partial charge in [-0.05, 0) is 31.2 Å². The van der Waals surface area contributed by atoms with Gasteiger partial charge in [-0.3, -0.25) is 10.1 Å². The van der Waals surface area contributed by atoms with Crippen molar-refractivity contribution in [2.75, 3.05) is 19.0 Å². The summed E-state index contributed by atoms with van der Waals surface area (Å²) in [5.74, 6) is -1.41. The number of hydrogen-bond donors (Lipinski definition) is 1. The lowest BCUT2D eigenvalue weighted by Crippen LogP contribution is -2.13. The standard InChI is InChI=1S/C15H14N2O5S/c1-3-22-14(20)11-8-23-15(16-11)17-12(18)9-4-6-10(7-5-9)13(19)21-2/h4-8H,3H2,1-2H3,(H,16,17,18). The van der Waals surface area contributed by atoms with Gasteiger partial charge < -0.3 is 9.47 Å². The Labute approximate surface area is 136 Å². The quantitative estimate of drug-likeness (QED) is 0.844. The van der Waals surface area contributed by atoms with Crippen LogP contribution in [0.4, 0.5) is 5.13 Å². The molecule has 0 radical (unpaired) electrons. The molecule has 0 aliphatic heterocycles. The highest BCUT2D eigenvalue weighted by Crippen LogP contribution is 2.17. The monoisotopic (exact) mass is 334 g/mol. The van der Waals surface area contributed by atoms with E-state index in [1.807, 2.05) is 0 Å². The maximum absolute atomic E-state index is 12.1. The molecule has 23 heavy (non-hydrogen) atoms.